The molecule has 3 heterocycles. The predicted molar refractivity (Wildman–Crippen MR) is 155 cm³/mol. The van der Waals surface area contributed by atoms with E-state index in [0.29, 0.717) is 34.4 Å². The van der Waals surface area contributed by atoms with Gasteiger partial charge in [0.1, 0.15) is 5.69 Å². The second-order valence-corrected chi connectivity index (χ2v) is 11.3. The number of carbonyl (C=O) groups excluding carboxylic acids is 1. The number of aryl methyl sites for hydroxylation is 2. The van der Waals surface area contributed by atoms with Crippen LogP contribution in [0, 0.1) is 6.92 Å². The van der Waals surface area contributed by atoms with Gasteiger partial charge in [-0.05, 0) is 58.2 Å². The zero-order valence-corrected chi connectivity index (χ0v) is 23.1. The van der Waals surface area contributed by atoms with Crippen LogP contribution >= 0.6 is 0 Å². The smallest absolute Gasteiger partial charge is 0.264 e. The summed E-state index contributed by atoms with van der Waals surface area (Å²) in [6.45, 7) is 3.83. The lowest BCUT2D eigenvalue weighted by atomic mass is 10.0. The number of aromatic nitrogens is 2. The lowest BCUT2D eigenvalue weighted by Gasteiger charge is -2.28. The lowest BCUT2D eigenvalue weighted by molar-refractivity contribution is 0.0633. The van der Waals surface area contributed by atoms with Gasteiger partial charge >= 0.3 is 16.1 Å². The van der Waals surface area contributed by atoms with Crippen molar-refractivity contribution in [2.45, 2.75) is 25.2 Å². The summed E-state index contributed by atoms with van der Waals surface area (Å²) >= 11 is 0. The molecule has 1 atom stereocenters. The molecule has 1 aliphatic rings. The lowest BCUT2D eigenvalue weighted by Crippen LogP contribution is -2.52. The number of fused-ring (bicyclic) bond motifs is 3. The van der Waals surface area contributed by atoms with Crippen molar-refractivity contribution in [2.75, 3.05) is 11.9 Å². The average Bonchev–Trinajstić information content (AvgIpc) is 3.19. The van der Waals surface area contributed by atoms with Gasteiger partial charge < -0.3 is 0 Å². The Labute approximate surface area is 232 Å². The van der Waals surface area contributed by atoms with E-state index in [1.165, 1.54) is 17.0 Å². The van der Waals surface area contributed by atoms with Gasteiger partial charge in [0.05, 0.1) is 22.0 Å². The SMILES string of the molecule is CCc1ccccc1[N+]1(OS(=O)(=O)c2ccc(C)cc2)C(=O)N(C)c2cnc3ccc(-c4cccnc4)cc3c21. The Morgan fingerprint density at radius 2 is 1.70 bits per heavy atom. The van der Waals surface area contributed by atoms with E-state index in [2.05, 4.69) is 9.97 Å². The molecule has 2 amide bonds. The molecule has 0 saturated heterocycles. The van der Waals surface area contributed by atoms with E-state index < -0.39 is 20.8 Å². The van der Waals surface area contributed by atoms with Gasteiger partial charge in [-0.25, -0.2) is 4.79 Å². The molecule has 1 unspecified atom stereocenters. The van der Waals surface area contributed by atoms with Crippen LogP contribution in [0.25, 0.3) is 22.0 Å². The molecule has 0 fully saturated rings. The zero-order valence-electron chi connectivity index (χ0n) is 22.3. The minimum atomic E-state index is -4.43. The molecular formula is C31H27N4O4S+. The minimum absolute atomic E-state index is 0.0390. The average molecular weight is 552 g/mol. The Morgan fingerprint density at radius 3 is 2.42 bits per heavy atom. The van der Waals surface area contributed by atoms with E-state index in [9.17, 15) is 13.2 Å². The third kappa shape index (κ3) is 3.98. The molecule has 6 rings (SSSR count). The molecule has 200 valence electrons. The van der Waals surface area contributed by atoms with Crippen molar-refractivity contribution >= 4 is 44.1 Å². The molecular weight excluding hydrogens is 524 g/mol. The molecule has 0 bridgehead atoms. The Bertz CT molecular complexity index is 1880. The summed E-state index contributed by atoms with van der Waals surface area (Å²) in [5, 5.41) is 0.599. The summed E-state index contributed by atoms with van der Waals surface area (Å²) in [7, 11) is -2.82. The number of pyridine rings is 2. The van der Waals surface area contributed by atoms with Gasteiger partial charge in [0.2, 0.25) is 5.69 Å². The molecule has 0 N–H and O–H groups in total. The number of hydrogen-bond donors (Lipinski definition) is 0. The van der Waals surface area contributed by atoms with E-state index in [0.717, 1.165) is 22.3 Å². The van der Waals surface area contributed by atoms with E-state index in [4.69, 9.17) is 4.28 Å². The molecule has 0 spiro atoms. The quantitative estimate of drug-likeness (QED) is 0.218. The van der Waals surface area contributed by atoms with Gasteiger partial charge in [-0.15, -0.1) is 0 Å². The summed E-state index contributed by atoms with van der Waals surface area (Å²) in [6, 6.07) is 22.6. The number of hydroxylamine groups is 1. The maximum Gasteiger partial charge on any atom is 0.468 e. The van der Waals surface area contributed by atoms with Crippen molar-refractivity contribution in [3.63, 3.8) is 0 Å². The van der Waals surface area contributed by atoms with Gasteiger partial charge in [-0.2, -0.15) is 8.42 Å². The molecule has 0 saturated carbocycles. The molecule has 0 aliphatic carbocycles. The van der Waals surface area contributed by atoms with Crippen LogP contribution < -0.4 is 9.55 Å². The Kier molecular flexibility index (Phi) is 6.22. The van der Waals surface area contributed by atoms with E-state index in [1.54, 1.807) is 49.9 Å². The normalized spacial score (nSPS) is 16.9. The largest absolute Gasteiger partial charge is 0.468 e. The Balaban J connectivity index is 1.70. The highest BCUT2D eigenvalue weighted by Crippen LogP contribution is 2.53. The van der Waals surface area contributed by atoms with Gasteiger partial charge in [0.15, 0.2) is 5.69 Å². The number of anilines is 1. The van der Waals surface area contributed by atoms with E-state index in [-0.39, 0.29) is 4.90 Å². The van der Waals surface area contributed by atoms with Crippen LogP contribution in [0.3, 0.4) is 0 Å². The highest BCUT2D eigenvalue weighted by Gasteiger charge is 2.60. The first-order chi connectivity index (χ1) is 19.3. The third-order valence-corrected chi connectivity index (χ3v) is 8.55. The fourth-order valence-corrected chi connectivity index (χ4v) is 6.28. The van der Waals surface area contributed by atoms with Crippen molar-refractivity contribution in [1.29, 1.82) is 0 Å². The number of nitrogens with zero attached hydrogens (tertiary/aromatic N) is 4. The van der Waals surface area contributed by atoms with Crippen LogP contribution in [-0.4, -0.2) is 31.5 Å². The minimum Gasteiger partial charge on any atom is -0.264 e. The second-order valence-electron chi connectivity index (χ2n) is 9.74. The molecule has 5 aromatic rings. The monoisotopic (exact) mass is 551 g/mol. The summed E-state index contributed by atoms with van der Waals surface area (Å²) in [5.41, 5.74) is 5.29. The van der Waals surface area contributed by atoms with Crippen molar-refractivity contribution < 1.29 is 17.5 Å². The molecule has 40 heavy (non-hydrogen) atoms. The molecule has 1 aliphatic heterocycles. The highest BCUT2D eigenvalue weighted by atomic mass is 32.2. The van der Waals surface area contributed by atoms with Crippen LogP contribution in [0.5, 0.6) is 0 Å². The van der Waals surface area contributed by atoms with Crippen LogP contribution in [0.15, 0.2) is 102 Å². The summed E-state index contributed by atoms with van der Waals surface area (Å²) in [5.74, 6) is 0. The topological polar surface area (TPSA) is 89.5 Å². The number of benzene rings is 3. The Morgan fingerprint density at radius 1 is 0.925 bits per heavy atom. The maximum absolute atomic E-state index is 14.4. The van der Waals surface area contributed by atoms with E-state index >= 15 is 0 Å². The molecule has 0 radical (unpaired) electrons. The van der Waals surface area contributed by atoms with Crippen LogP contribution in [0.4, 0.5) is 21.9 Å². The number of urea groups is 1. The number of amides is 2. The maximum atomic E-state index is 14.4. The molecule has 9 heteroatoms. The first kappa shape index (κ1) is 25.8. The van der Waals surface area contributed by atoms with Gasteiger partial charge in [-0.3, -0.25) is 14.9 Å². The van der Waals surface area contributed by atoms with Crippen molar-refractivity contribution in [3.8, 4) is 11.1 Å². The number of quaternary nitrogens is 1. The number of hydrogen-bond acceptors (Lipinski definition) is 6. The summed E-state index contributed by atoms with van der Waals surface area (Å²) in [4.78, 5) is 24.6. The number of rotatable bonds is 6. The fourth-order valence-electron chi connectivity index (χ4n) is 5.21. The van der Waals surface area contributed by atoms with Crippen LogP contribution in [0.1, 0.15) is 18.1 Å². The van der Waals surface area contributed by atoms with Crippen LogP contribution in [-0.2, 0) is 20.8 Å². The van der Waals surface area contributed by atoms with Crippen molar-refractivity contribution in [1.82, 2.24) is 14.6 Å². The van der Waals surface area contributed by atoms with Crippen molar-refractivity contribution in [2.24, 2.45) is 0 Å². The zero-order chi connectivity index (χ0) is 28.1. The third-order valence-electron chi connectivity index (χ3n) is 7.28. The first-order valence-electron chi connectivity index (χ1n) is 12.9. The van der Waals surface area contributed by atoms with E-state index in [1.807, 2.05) is 56.3 Å². The van der Waals surface area contributed by atoms with Gasteiger partial charge in [0, 0.05) is 36.6 Å². The molecule has 3 aromatic carbocycles. The van der Waals surface area contributed by atoms with Crippen molar-refractivity contribution in [3.05, 3.63) is 109 Å². The highest BCUT2D eigenvalue weighted by molar-refractivity contribution is 7.86. The fraction of sp³-hybridized carbons (Fsp3) is 0.129. The van der Waals surface area contributed by atoms with Crippen LogP contribution in [0.2, 0.25) is 0 Å². The predicted octanol–water partition coefficient (Wildman–Crippen LogP) is 6.70. The summed E-state index contributed by atoms with van der Waals surface area (Å²) < 4.78 is 33.1. The number of carbonyl (C=O) groups is 1. The molecule has 8 nitrogen and oxygen atoms in total. The Hall–Kier alpha value is -4.44. The van der Waals surface area contributed by atoms with Gasteiger partial charge in [0.25, 0.3) is 0 Å². The first-order valence-corrected chi connectivity index (χ1v) is 14.3. The standard InChI is InChI=1S/C31H27N4O4S/c1-4-22-8-5-6-10-29(22)35(39-40(37,38)25-14-11-21(2)12-15-25)30-26-18-23(24-9-7-17-32-19-24)13-16-27(26)33-20-28(30)34(3)31(35)36/h5-20H,4H2,1-3H3/q+1. The molecule has 2 aromatic heterocycles. The number of para-hydroxylation sites is 1. The van der Waals surface area contributed by atoms with Gasteiger partial charge in [-0.1, -0.05) is 55.0 Å². The second kappa shape index (κ2) is 9.63. The summed E-state index contributed by atoms with van der Waals surface area (Å²) in [6.07, 6.45) is 5.60.